The van der Waals surface area contributed by atoms with Crippen molar-refractivity contribution in [2.45, 2.75) is 17.7 Å². The van der Waals surface area contributed by atoms with Crippen LogP contribution in [0.4, 0.5) is 13.2 Å². The van der Waals surface area contributed by atoms with E-state index in [1.807, 2.05) is 0 Å². The average molecular weight is 488 g/mol. The van der Waals surface area contributed by atoms with E-state index in [2.05, 4.69) is 26.0 Å². The molecule has 0 radical (unpaired) electrons. The second kappa shape index (κ2) is 7.56. The van der Waals surface area contributed by atoms with Crippen LogP contribution in [0.2, 0.25) is 0 Å². The number of alkyl halides is 3. The Bertz CT molecular complexity index is 1000. The van der Waals surface area contributed by atoms with E-state index in [4.69, 9.17) is 10.5 Å². The Morgan fingerprint density at radius 2 is 1.77 bits per heavy atom. The Balaban J connectivity index is 2.20. The fourth-order valence-electron chi connectivity index (χ4n) is 3.24. The summed E-state index contributed by atoms with van der Waals surface area (Å²) in [6.45, 7) is 0. The summed E-state index contributed by atoms with van der Waals surface area (Å²) < 4.78 is 48.7. The lowest BCUT2D eigenvalue weighted by Gasteiger charge is -2.32. The van der Waals surface area contributed by atoms with Gasteiger partial charge in [0.2, 0.25) is 0 Å². The molecule has 2 unspecified atom stereocenters. The van der Waals surface area contributed by atoms with Gasteiger partial charge in [-0.15, -0.1) is 0 Å². The van der Waals surface area contributed by atoms with Gasteiger partial charge in [0, 0.05) is 11.5 Å². The summed E-state index contributed by atoms with van der Waals surface area (Å²) >= 11 is 3.32. The van der Waals surface area contributed by atoms with Crippen molar-refractivity contribution in [2.75, 3.05) is 14.2 Å². The lowest BCUT2D eigenvalue weighted by atomic mass is 9.82. The number of nitrogens with one attached hydrogen (secondary N) is 1. The highest BCUT2D eigenvalue weighted by molar-refractivity contribution is 9.10. The summed E-state index contributed by atoms with van der Waals surface area (Å²) in [5.41, 5.74) is 4.89. The Hall–Kier alpha value is -2.63. The second-order valence-electron chi connectivity index (χ2n) is 6.57. The maximum Gasteiger partial charge on any atom is 0.491 e. The molecule has 0 bridgehead atoms. The van der Waals surface area contributed by atoms with Crippen molar-refractivity contribution >= 4 is 27.8 Å². The van der Waals surface area contributed by atoms with Gasteiger partial charge in [-0.1, -0.05) is 40.2 Å². The molecule has 3 rings (SSSR count). The normalized spacial score (nSPS) is 24.1. The zero-order valence-corrected chi connectivity index (χ0v) is 17.4. The molecule has 3 N–H and O–H groups in total. The molecule has 0 aliphatic carbocycles. The van der Waals surface area contributed by atoms with E-state index in [9.17, 15) is 22.8 Å². The quantitative estimate of drug-likeness (QED) is 0.508. The van der Waals surface area contributed by atoms with Crippen LogP contribution in [0.25, 0.3) is 0 Å². The zero-order chi connectivity index (χ0) is 22.3. The number of likely N-dealkylation sites (N-methyl/N-ethyl adjacent to an activating group) is 1. The third-order valence-electron chi connectivity index (χ3n) is 4.73. The molecule has 160 valence electrons. The summed E-state index contributed by atoms with van der Waals surface area (Å²) in [6, 6.07) is 12.9. The predicted octanol–water partition coefficient (Wildman–Crippen LogP) is 2.44. The van der Waals surface area contributed by atoms with E-state index in [1.165, 1.54) is 13.2 Å². The third-order valence-corrected chi connectivity index (χ3v) is 5.22. The van der Waals surface area contributed by atoms with Crippen LogP contribution in [0, 0.1) is 0 Å². The number of hydrogen-bond acceptors (Lipinski definition) is 6. The molecule has 1 aliphatic rings. The van der Waals surface area contributed by atoms with Crippen LogP contribution in [0.3, 0.4) is 0 Å². The van der Waals surface area contributed by atoms with Crippen LogP contribution >= 0.6 is 15.9 Å². The highest BCUT2D eigenvalue weighted by Crippen LogP contribution is 2.41. The Labute approximate surface area is 178 Å². The minimum absolute atomic E-state index is 0.326. The van der Waals surface area contributed by atoms with Gasteiger partial charge in [0.15, 0.2) is 5.54 Å². The van der Waals surface area contributed by atoms with Crippen molar-refractivity contribution < 1.29 is 32.2 Å². The van der Waals surface area contributed by atoms with Gasteiger partial charge < -0.3 is 9.47 Å². The Morgan fingerprint density at radius 1 is 1.17 bits per heavy atom. The summed E-state index contributed by atoms with van der Waals surface area (Å²) in [5.74, 6) is -5.42. The maximum atomic E-state index is 13.4. The van der Waals surface area contributed by atoms with Gasteiger partial charge in [-0.2, -0.15) is 13.2 Å². The molecular formula is C19H17BrF3N3O4. The van der Waals surface area contributed by atoms with Crippen LogP contribution in [0.15, 0.2) is 53.0 Å². The summed E-state index contributed by atoms with van der Waals surface area (Å²) in [7, 11) is 2.57. The van der Waals surface area contributed by atoms with Crippen molar-refractivity contribution in [3.63, 3.8) is 0 Å². The molecule has 0 spiro atoms. The first kappa shape index (κ1) is 22.1. The first-order chi connectivity index (χ1) is 13.9. The van der Waals surface area contributed by atoms with E-state index in [0.717, 1.165) is 11.9 Å². The number of carbonyl (C=O) groups excluding carboxylic acids is 2. The smallest absolute Gasteiger partial charge is 0.491 e. The number of benzene rings is 2. The molecule has 1 aliphatic heterocycles. The van der Waals surface area contributed by atoms with E-state index >= 15 is 0 Å². The molecule has 0 aromatic heterocycles. The SMILES string of the molecule is COc1cccc(C2(c3cccc(Br)c3)NC(N)(OC(=O)C(F)(F)F)N(C)C2=O)c1. The van der Waals surface area contributed by atoms with Gasteiger partial charge in [0.25, 0.3) is 5.91 Å². The molecule has 1 fully saturated rings. The van der Waals surface area contributed by atoms with Crippen LogP contribution in [0.1, 0.15) is 11.1 Å². The van der Waals surface area contributed by atoms with Crippen molar-refractivity contribution in [2.24, 2.45) is 5.73 Å². The lowest BCUT2D eigenvalue weighted by Crippen LogP contribution is -2.64. The lowest BCUT2D eigenvalue weighted by molar-refractivity contribution is -0.228. The van der Waals surface area contributed by atoms with Crippen molar-refractivity contribution in [3.8, 4) is 5.75 Å². The second-order valence-corrected chi connectivity index (χ2v) is 7.48. The third kappa shape index (κ3) is 3.64. The predicted molar refractivity (Wildman–Crippen MR) is 103 cm³/mol. The average Bonchev–Trinajstić information content (AvgIpc) is 2.89. The maximum absolute atomic E-state index is 13.4. The molecule has 2 aromatic carbocycles. The molecule has 1 heterocycles. The van der Waals surface area contributed by atoms with Crippen LogP contribution in [-0.2, 0) is 19.9 Å². The number of ether oxygens (including phenoxy) is 2. The molecule has 0 saturated carbocycles. The number of esters is 1. The highest BCUT2D eigenvalue weighted by Gasteiger charge is 2.62. The van der Waals surface area contributed by atoms with Gasteiger partial charge in [0.1, 0.15) is 5.75 Å². The number of hydrogen-bond donors (Lipinski definition) is 2. The van der Waals surface area contributed by atoms with Gasteiger partial charge in [-0.05, 0) is 35.4 Å². The Morgan fingerprint density at radius 3 is 2.33 bits per heavy atom. The van der Waals surface area contributed by atoms with Gasteiger partial charge in [-0.25, -0.2) is 10.1 Å². The Kier molecular flexibility index (Phi) is 5.56. The van der Waals surface area contributed by atoms with Crippen LogP contribution < -0.4 is 15.8 Å². The van der Waals surface area contributed by atoms with E-state index < -0.39 is 29.6 Å². The number of nitrogens with two attached hydrogens (primary N) is 1. The van der Waals surface area contributed by atoms with Crippen LogP contribution in [0.5, 0.6) is 5.75 Å². The van der Waals surface area contributed by atoms with Crippen molar-refractivity contribution in [3.05, 3.63) is 64.1 Å². The molecule has 11 heteroatoms. The molecule has 2 atom stereocenters. The topological polar surface area (TPSA) is 93.9 Å². The molecule has 1 amide bonds. The van der Waals surface area contributed by atoms with Gasteiger partial charge >= 0.3 is 18.1 Å². The summed E-state index contributed by atoms with van der Waals surface area (Å²) in [4.78, 5) is 25.6. The number of rotatable bonds is 4. The number of nitrogens with zero attached hydrogens (tertiary/aromatic N) is 1. The molecule has 30 heavy (non-hydrogen) atoms. The standard InChI is InChI=1S/C19H17BrF3N3O4/c1-26-15(27)17(11-5-3-7-13(20)9-11,12-6-4-8-14(10-12)29-2)25-19(26,24)30-16(28)18(21,22)23/h3-10,25H,24H2,1-2H3. The fourth-order valence-corrected chi connectivity index (χ4v) is 3.64. The molecule has 2 aromatic rings. The monoisotopic (exact) mass is 487 g/mol. The largest absolute Gasteiger partial charge is 0.497 e. The summed E-state index contributed by atoms with van der Waals surface area (Å²) in [5, 5.41) is 2.63. The van der Waals surface area contributed by atoms with Gasteiger partial charge in [-0.3, -0.25) is 15.4 Å². The first-order valence-electron chi connectivity index (χ1n) is 8.51. The van der Waals surface area contributed by atoms with Gasteiger partial charge in [0.05, 0.1) is 7.11 Å². The van der Waals surface area contributed by atoms with Crippen LogP contribution in [-0.4, -0.2) is 43.1 Å². The highest BCUT2D eigenvalue weighted by atomic mass is 79.9. The summed E-state index contributed by atoms with van der Waals surface area (Å²) in [6.07, 6.45) is -5.30. The van der Waals surface area contributed by atoms with Crippen molar-refractivity contribution in [1.29, 1.82) is 0 Å². The number of halogens is 4. The number of carbonyl (C=O) groups is 2. The number of amides is 1. The van der Waals surface area contributed by atoms with E-state index in [0.29, 0.717) is 21.3 Å². The minimum Gasteiger partial charge on any atom is -0.497 e. The van der Waals surface area contributed by atoms with Crippen molar-refractivity contribution in [1.82, 2.24) is 10.2 Å². The van der Waals surface area contributed by atoms with E-state index in [-0.39, 0.29) is 0 Å². The molecular weight excluding hydrogens is 471 g/mol. The fraction of sp³-hybridized carbons (Fsp3) is 0.263. The minimum atomic E-state index is -5.30. The number of methoxy groups -OCH3 is 1. The first-order valence-corrected chi connectivity index (χ1v) is 9.30. The molecule has 1 saturated heterocycles. The zero-order valence-electron chi connectivity index (χ0n) is 15.8. The molecule has 7 nitrogen and oxygen atoms in total. The van der Waals surface area contributed by atoms with E-state index in [1.54, 1.807) is 42.5 Å².